The van der Waals surface area contributed by atoms with Crippen molar-refractivity contribution in [3.05, 3.63) is 34.9 Å². The Morgan fingerprint density at radius 1 is 1.32 bits per heavy atom. The van der Waals surface area contributed by atoms with Gasteiger partial charge in [-0.25, -0.2) is 8.93 Å². The minimum absolute atomic E-state index is 0.310. The molecule has 0 amide bonds. The molecule has 0 radical (unpaired) electrons. The normalized spacial score (nSPS) is 22.8. The number of halogens is 1. The maximum absolute atomic E-state index is 12.7. The Morgan fingerprint density at radius 3 is 2.50 bits per heavy atom. The predicted octanol–water partition coefficient (Wildman–Crippen LogP) is 3.28. The number of hydrogen-bond acceptors (Lipinski definition) is 5. The molecule has 8 heteroatoms. The third-order valence-electron chi connectivity index (χ3n) is 5.19. The van der Waals surface area contributed by atoms with E-state index < -0.39 is 26.9 Å². The van der Waals surface area contributed by atoms with E-state index in [0.29, 0.717) is 44.3 Å². The lowest BCUT2D eigenvalue weighted by atomic mass is 9.77. The van der Waals surface area contributed by atoms with E-state index in [1.165, 1.54) is 0 Å². The highest BCUT2D eigenvalue weighted by molar-refractivity contribution is 7.84. The molecule has 2 aliphatic rings. The van der Waals surface area contributed by atoms with Crippen LogP contribution >= 0.6 is 11.6 Å². The fourth-order valence-corrected chi connectivity index (χ4v) is 4.54. The van der Waals surface area contributed by atoms with E-state index in [1.807, 2.05) is 39.0 Å². The number of ether oxygens (including phenoxy) is 3. The van der Waals surface area contributed by atoms with Crippen LogP contribution in [0.25, 0.3) is 0 Å². The van der Waals surface area contributed by atoms with Crippen LogP contribution in [0.1, 0.15) is 39.2 Å². The summed E-state index contributed by atoms with van der Waals surface area (Å²) in [7, 11) is -1.31. The topological polar surface area (TPSA) is 80.6 Å². The third-order valence-corrected chi connectivity index (χ3v) is 7.04. The summed E-state index contributed by atoms with van der Waals surface area (Å²) < 4.78 is 32.8. The van der Waals surface area contributed by atoms with Gasteiger partial charge in [0.05, 0.1) is 48.2 Å². The number of nitrogens with zero attached hydrogens (tertiary/aromatic N) is 1. The van der Waals surface area contributed by atoms with E-state index >= 15 is 0 Å². The molecule has 1 N–H and O–H groups in total. The average Bonchev–Trinajstić information content (AvgIpc) is 3.08. The summed E-state index contributed by atoms with van der Waals surface area (Å²) in [4.78, 5) is 0. The first-order valence-corrected chi connectivity index (χ1v) is 10.9. The summed E-state index contributed by atoms with van der Waals surface area (Å²) >= 11 is 6.17. The molecule has 1 aromatic rings. The first-order valence-electron chi connectivity index (χ1n) is 9.42. The first-order chi connectivity index (χ1) is 13.2. The van der Waals surface area contributed by atoms with Gasteiger partial charge in [-0.2, -0.15) is 5.26 Å². The second-order valence-electron chi connectivity index (χ2n) is 8.31. The van der Waals surface area contributed by atoms with Crippen molar-refractivity contribution in [3.8, 4) is 6.07 Å². The molecule has 28 heavy (non-hydrogen) atoms. The highest BCUT2D eigenvalue weighted by atomic mass is 35.5. The van der Waals surface area contributed by atoms with Crippen LogP contribution in [0.5, 0.6) is 0 Å². The lowest BCUT2D eigenvalue weighted by Crippen LogP contribution is -2.58. The van der Waals surface area contributed by atoms with Gasteiger partial charge >= 0.3 is 0 Å². The lowest BCUT2D eigenvalue weighted by Gasteiger charge is -2.43. The predicted molar refractivity (Wildman–Crippen MR) is 108 cm³/mol. The molecule has 2 atom stereocenters. The molecule has 1 aromatic carbocycles. The summed E-state index contributed by atoms with van der Waals surface area (Å²) in [6, 6.07) is 9.52. The van der Waals surface area contributed by atoms with Crippen molar-refractivity contribution in [2.75, 3.05) is 26.4 Å². The van der Waals surface area contributed by atoms with Crippen LogP contribution in [0.3, 0.4) is 0 Å². The van der Waals surface area contributed by atoms with Gasteiger partial charge in [0.2, 0.25) is 0 Å². The minimum Gasteiger partial charge on any atom is -0.378 e. The highest BCUT2D eigenvalue weighted by Crippen LogP contribution is 2.41. The second-order valence-corrected chi connectivity index (χ2v) is 10.7. The van der Waals surface area contributed by atoms with Crippen LogP contribution in [0, 0.1) is 16.7 Å². The van der Waals surface area contributed by atoms with Crippen LogP contribution in [-0.2, 0) is 31.0 Å². The Labute approximate surface area is 174 Å². The van der Waals surface area contributed by atoms with Gasteiger partial charge in [0.15, 0.2) is 5.79 Å². The number of nitrogens with one attached hydrogen (secondary N) is 1. The molecule has 0 aromatic heterocycles. The van der Waals surface area contributed by atoms with Crippen LogP contribution in [-0.4, -0.2) is 41.4 Å². The van der Waals surface area contributed by atoms with Crippen LogP contribution in [0.4, 0.5) is 0 Å². The maximum atomic E-state index is 12.7. The Kier molecular flexibility index (Phi) is 6.50. The van der Waals surface area contributed by atoms with E-state index in [1.54, 1.807) is 6.07 Å². The fraction of sp³-hybridized carbons (Fsp3) is 0.650. The summed E-state index contributed by atoms with van der Waals surface area (Å²) in [5.74, 6) is -0.907. The summed E-state index contributed by atoms with van der Waals surface area (Å²) in [6.07, 6.45) is 1.06. The summed E-state index contributed by atoms with van der Waals surface area (Å²) in [5, 5.41) is 10.4. The standard InChI is InChI=1S/C20H27ClN2O4S/c1-18(2,3)28(24)23-17(19(12-22)13-25-14-19)7-8-20(26-9-10-27-20)15-5-4-6-16(21)11-15/h4-6,11,17,23H,7-10,13-14H2,1-3H3/t17-,28+/m1/s1. The average molecular weight is 427 g/mol. The van der Waals surface area contributed by atoms with Gasteiger partial charge in [0.1, 0.15) is 5.41 Å². The van der Waals surface area contributed by atoms with Crippen LogP contribution in [0.2, 0.25) is 5.02 Å². The quantitative estimate of drug-likeness (QED) is 0.723. The number of hydrogen-bond donors (Lipinski definition) is 1. The number of rotatable bonds is 7. The van der Waals surface area contributed by atoms with Gasteiger partial charge in [-0.1, -0.05) is 23.7 Å². The number of nitriles is 1. The van der Waals surface area contributed by atoms with Crippen molar-refractivity contribution in [1.82, 2.24) is 4.72 Å². The molecule has 2 fully saturated rings. The zero-order chi connectivity index (χ0) is 20.4. The van der Waals surface area contributed by atoms with Crippen molar-refractivity contribution in [1.29, 1.82) is 5.26 Å². The second kappa shape index (κ2) is 8.39. The van der Waals surface area contributed by atoms with Gasteiger partial charge in [-0.3, -0.25) is 0 Å². The largest absolute Gasteiger partial charge is 0.378 e. The zero-order valence-corrected chi connectivity index (χ0v) is 18.1. The van der Waals surface area contributed by atoms with E-state index in [2.05, 4.69) is 10.8 Å². The van der Waals surface area contributed by atoms with Crippen molar-refractivity contribution in [2.45, 2.75) is 50.2 Å². The summed E-state index contributed by atoms with van der Waals surface area (Å²) in [5.41, 5.74) is 0.152. The molecule has 2 heterocycles. The van der Waals surface area contributed by atoms with Crippen LogP contribution in [0.15, 0.2) is 24.3 Å². The van der Waals surface area contributed by atoms with Crippen molar-refractivity contribution >= 4 is 22.6 Å². The molecule has 2 saturated heterocycles. The van der Waals surface area contributed by atoms with E-state index in [9.17, 15) is 9.47 Å². The molecule has 2 aliphatic heterocycles. The molecule has 0 saturated carbocycles. The molecule has 0 bridgehead atoms. The lowest BCUT2D eigenvalue weighted by molar-refractivity contribution is -0.176. The Bertz CT molecular complexity index is 764. The molecule has 0 spiro atoms. The van der Waals surface area contributed by atoms with Gasteiger partial charge in [-0.05, 0) is 39.3 Å². The fourth-order valence-electron chi connectivity index (χ4n) is 3.39. The molecular weight excluding hydrogens is 400 g/mol. The monoisotopic (exact) mass is 426 g/mol. The van der Waals surface area contributed by atoms with Crippen molar-refractivity contribution in [2.24, 2.45) is 5.41 Å². The number of benzene rings is 1. The summed E-state index contributed by atoms with van der Waals surface area (Å²) in [6.45, 7) is 7.35. The molecule has 0 aliphatic carbocycles. The Hall–Kier alpha value is -1.01. The molecular formula is C20H27ClN2O4S. The highest BCUT2D eigenvalue weighted by Gasteiger charge is 2.49. The van der Waals surface area contributed by atoms with Gasteiger partial charge in [-0.15, -0.1) is 0 Å². The maximum Gasteiger partial charge on any atom is 0.195 e. The van der Waals surface area contributed by atoms with Gasteiger partial charge in [0, 0.05) is 23.0 Å². The van der Waals surface area contributed by atoms with Crippen LogP contribution < -0.4 is 4.72 Å². The first kappa shape index (κ1) is 21.7. The molecule has 3 rings (SSSR count). The van der Waals surface area contributed by atoms with Gasteiger partial charge < -0.3 is 14.2 Å². The molecule has 0 unspecified atom stereocenters. The van der Waals surface area contributed by atoms with Crippen molar-refractivity contribution < 1.29 is 18.4 Å². The van der Waals surface area contributed by atoms with E-state index in [-0.39, 0.29) is 6.04 Å². The Morgan fingerprint density at radius 2 is 2.00 bits per heavy atom. The molecule has 154 valence electrons. The van der Waals surface area contributed by atoms with Crippen molar-refractivity contribution in [3.63, 3.8) is 0 Å². The SMILES string of the molecule is CC(C)(C)[S@](=O)N[C@H](CCC1(c2cccc(Cl)c2)OCCO1)C1(C#N)COC1. The van der Waals surface area contributed by atoms with E-state index in [0.717, 1.165) is 5.56 Å². The van der Waals surface area contributed by atoms with Gasteiger partial charge in [0.25, 0.3) is 0 Å². The zero-order valence-electron chi connectivity index (χ0n) is 16.5. The smallest absolute Gasteiger partial charge is 0.195 e. The van der Waals surface area contributed by atoms with E-state index in [4.69, 9.17) is 25.8 Å². The molecule has 6 nitrogen and oxygen atoms in total. The Balaban J connectivity index is 1.82. The third kappa shape index (κ3) is 4.43. The minimum atomic E-state index is -1.31.